The van der Waals surface area contributed by atoms with Crippen LogP contribution in [-0.2, 0) is 6.54 Å². The lowest BCUT2D eigenvalue weighted by Gasteiger charge is -2.08. The second-order valence-electron chi connectivity index (χ2n) is 4.55. The van der Waals surface area contributed by atoms with E-state index >= 15 is 0 Å². The molecule has 3 aromatic rings. The molecule has 0 radical (unpaired) electrons. The fourth-order valence-electron chi connectivity index (χ4n) is 2.06. The van der Waals surface area contributed by atoms with E-state index in [1.807, 2.05) is 47.1 Å². The molecule has 0 saturated heterocycles. The van der Waals surface area contributed by atoms with E-state index in [2.05, 4.69) is 26.2 Å². The molecule has 0 unspecified atom stereocenters. The molecule has 2 aromatic heterocycles. The molecule has 0 saturated carbocycles. The molecule has 6 heteroatoms. The largest absolute Gasteiger partial charge is 0.495 e. The molecule has 0 amide bonds. The van der Waals surface area contributed by atoms with Crippen LogP contribution in [0.25, 0.3) is 5.65 Å². The molecule has 0 spiro atoms. The zero-order valence-corrected chi connectivity index (χ0v) is 13.6. The second kappa shape index (κ2) is 5.95. The first kappa shape index (κ1) is 14.2. The minimum Gasteiger partial charge on any atom is -0.495 e. The summed E-state index contributed by atoms with van der Waals surface area (Å²) in [6, 6.07) is 9.61. The van der Waals surface area contributed by atoms with Gasteiger partial charge < -0.3 is 14.5 Å². The highest BCUT2D eigenvalue weighted by Crippen LogP contribution is 2.28. The van der Waals surface area contributed by atoms with Gasteiger partial charge in [-0.05, 0) is 40.2 Å². The van der Waals surface area contributed by atoms with Crippen LogP contribution in [0.4, 0.5) is 5.69 Å². The number of nitrogens with zero attached hydrogens (tertiary/aromatic N) is 2. The SMILES string of the molecule is COc1cc(NCc2cn3cc(Cl)ccc3n2)ccc1Br. The highest BCUT2D eigenvalue weighted by Gasteiger charge is 2.04. The summed E-state index contributed by atoms with van der Waals surface area (Å²) in [5.74, 6) is 0.793. The molecule has 0 atom stereocenters. The molecule has 2 heterocycles. The smallest absolute Gasteiger partial charge is 0.137 e. The zero-order chi connectivity index (χ0) is 14.8. The number of benzene rings is 1. The first-order valence-corrected chi connectivity index (χ1v) is 7.53. The van der Waals surface area contributed by atoms with Gasteiger partial charge in [0.15, 0.2) is 0 Å². The Kier molecular flexibility index (Phi) is 4.03. The molecule has 3 rings (SSSR count). The second-order valence-corrected chi connectivity index (χ2v) is 5.84. The van der Waals surface area contributed by atoms with Gasteiger partial charge >= 0.3 is 0 Å². The van der Waals surface area contributed by atoms with Crippen molar-refractivity contribution in [1.29, 1.82) is 0 Å². The number of hydrogen-bond donors (Lipinski definition) is 1. The molecule has 0 aliphatic rings. The number of anilines is 1. The van der Waals surface area contributed by atoms with Crippen molar-refractivity contribution >= 4 is 38.9 Å². The summed E-state index contributed by atoms with van der Waals surface area (Å²) in [6.45, 7) is 0.629. The summed E-state index contributed by atoms with van der Waals surface area (Å²) in [5, 5.41) is 4.02. The van der Waals surface area contributed by atoms with Gasteiger partial charge in [-0.15, -0.1) is 0 Å². The average Bonchev–Trinajstić information content (AvgIpc) is 2.88. The van der Waals surface area contributed by atoms with E-state index in [1.54, 1.807) is 7.11 Å². The highest BCUT2D eigenvalue weighted by atomic mass is 79.9. The van der Waals surface area contributed by atoms with E-state index in [9.17, 15) is 0 Å². The Morgan fingerprint density at radius 3 is 2.95 bits per heavy atom. The zero-order valence-electron chi connectivity index (χ0n) is 11.3. The van der Waals surface area contributed by atoms with E-state index in [0.717, 1.165) is 27.3 Å². The van der Waals surface area contributed by atoms with Gasteiger partial charge in [-0.2, -0.15) is 0 Å². The van der Waals surface area contributed by atoms with Gasteiger partial charge in [0, 0.05) is 24.1 Å². The van der Waals surface area contributed by atoms with Crippen molar-refractivity contribution in [2.75, 3.05) is 12.4 Å². The van der Waals surface area contributed by atoms with Crippen LogP contribution in [0.3, 0.4) is 0 Å². The molecule has 0 aliphatic carbocycles. The molecule has 0 bridgehead atoms. The minimum atomic E-state index is 0.629. The van der Waals surface area contributed by atoms with Gasteiger partial charge in [0.2, 0.25) is 0 Å². The monoisotopic (exact) mass is 365 g/mol. The lowest BCUT2D eigenvalue weighted by Crippen LogP contribution is -2.00. The highest BCUT2D eigenvalue weighted by molar-refractivity contribution is 9.10. The van der Waals surface area contributed by atoms with Crippen molar-refractivity contribution in [1.82, 2.24) is 9.38 Å². The van der Waals surface area contributed by atoms with Gasteiger partial charge in [0.1, 0.15) is 11.4 Å². The first-order valence-electron chi connectivity index (χ1n) is 6.36. The first-order chi connectivity index (χ1) is 10.2. The Hall–Kier alpha value is -1.72. The van der Waals surface area contributed by atoms with Gasteiger partial charge in [-0.1, -0.05) is 11.6 Å². The van der Waals surface area contributed by atoms with Crippen molar-refractivity contribution in [2.45, 2.75) is 6.54 Å². The van der Waals surface area contributed by atoms with Crippen LogP contribution in [0.15, 0.2) is 47.2 Å². The number of methoxy groups -OCH3 is 1. The summed E-state index contributed by atoms with van der Waals surface area (Å²) in [7, 11) is 1.65. The van der Waals surface area contributed by atoms with Crippen molar-refractivity contribution in [2.24, 2.45) is 0 Å². The maximum Gasteiger partial charge on any atom is 0.137 e. The molecule has 108 valence electrons. The summed E-state index contributed by atoms with van der Waals surface area (Å²) in [4.78, 5) is 4.53. The quantitative estimate of drug-likeness (QED) is 0.745. The summed E-state index contributed by atoms with van der Waals surface area (Å²) < 4.78 is 8.12. The number of aromatic nitrogens is 2. The van der Waals surface area contributed by atoms with Crippen LogP contribution >= 0.6 is 27.5 Å². The van der Waals surface area contributed by atoms with E-state index in [-0.39, 0.29) is 0 Å². The normalized spacial score (nSPS) is 10.8. The van der Waals surface area contributed by atoms with Gasteiger partial charge in [-0.25, -0.2) is 4.98 Å². The molecule has 4 nitrogen and oxygen atoms in total. The maximum absolute atomic E-state index is 5.97. The Balaban J connectivity index is 1.76. The van der Waals surface area contributed by atoms with Gasteiger partial charge in [0.05, 0.1) is 28.8 Å². The fourth-order valence-corrected chi connectivity index (χ4v) is 2.64. The number of rotatable bonds is 4. The third kappa shape index (κ3) is 3.14. The molecular formula is C15H13BrClN3O. The predicted molar refractivity (Wildman–Crippen MR) is 88.2 cm³/mol. The predicted octanol–water partition coefficient (Wildman–Crippen LogP) is 4.37. The van der Waals surface area contributed by atoms with Crippen LogP contribution in [0.2, 0.25) is 5.02 Å². The summed E-state index contributed by atoms with van der Waals surface area (Å²) in [6.07, 6.45) is 3.81. The molecular weight excluding hydrogens is 354 g/mol. The Bertz CT molecular complexity index is 788. The number of halogens is 2. The fraction of sp³-hybridized carbons (Fsp3) is 0.133. The number of nitrogens with one attached hydrogen (secondary N) is 1. The number of pyridine rings is 1. The Labute approximate surface area is 135 Å². The third-order valence-electron chi connectivity index (χ3n) is 3.09. The lowest BCUT2D eigenvalue weighted by molar-refractivity contribution is 0.412. The summed E-state index contributed by atoms with van der Waals surface area (Å²) >= 11 is 9.40. The Morgan fingerprint density at radius 2 is 2.14 bits per heavy atom. The molecule has 1 aromatic carbocycles. The molecule has 0 aliphatic heterocycles. The standard InChI is InChI=1S/C15H13BrClN3O/c1-21-14-6-11(3-4-13(14)16)18-7-12-9-20-8-10(17)2-5-15(20)19-12/h2-6,8-9,18H,7H2,1H3. The minimum absolute atomic E-state index is 0.629. The van der Waals surface area contributed by atoms with Crippen molar-refractivity contribution in [3.8, 4) is 5.75 Å². The maximum atomic E-state index is 5.97. The van der Waals surface area contributed by atoms with Crippen molar-refractivity contribution in [3.63, 3.8) is 0 Å². The van der Waals surface area contributed by atoms with E-state index in [1.165, 1.54) is 0 Å². The van der Waals surface area contributed by atoms with Crippen LogP contribution in [0.5, 0.6) is 5.75 Å². The third-order valence-corrected chi connectivity index (χ3v) is 3.97. The van der Waals surface area contributed by atoms with Crippen molar-refractivity contribution in [3.05, 3.63) is 57.9 Å². The van der Waals surface area contributed by atoms with Crippen LogP contribution in [0, 0.1) is 0 Å². The van der Waals surface area contributed by atoms with Gasteiger partial charge in [0.25, 0.3) is 0 Å². The van der Waals surface area contributed by atoms with E-state index in [4.69, 9.17) is 16.3 Å². The van der Waals surface area contributed by atoms with E-state index < -0.39 is 0 Å². The van der Waals surface area contributed by atoms with Crippen LogP contribution < -0.4 is 10.1 Å². The van der Waals surface area contributed by atoms with Gasteiger partial charge in [-0.3, -0.25) is 0 Å². The average molecular weight is 367 g/mol. The van der Waals surface area contributed by atoms with E-state index in [0.29, 0.717) is 11.6 Å². The Morgan fingerprint density at radius 1 is 1.29 bits per heavy atom. The number of imidazole rings is 1. The van der Waals surface area contributed by atoms with Crippen molar-refractivity contribution < 1.29 is 4.74 Å². The summed E-state index contributed by atoms with van der Waals surface area (Å²) in [5.41, 5.74) is 2.80. The van der Waals surface area contributed by atoms with Crippen LogP contribution in [0.1, 0.15) is 5.69 Å². The number of fused-ring (bicyclic) bond motifs is 1. The molecule has 1 N–H and O–H groups in total. The number of hydrogen-bond acceptors (Lipinski definition) is 3. The topological polar surface area (TPSA) is 38.6 Å². The van der Waals surface area contributed by atoms with Crippen LogP contribution in [-0.4, -0.2) is 16.5 Å². The molecule has 21 heavy (non-hydrogen) atoms. The lowest BCUT2D eigenvalue weighted by atomic mass is 10.3. The number of ether oxygens (including phenoxy) is 1. The molecule has 0 fully saturated rings.